The van der Waals surface area contributed by atoms with Crippen molar-refractivity contribution in [1.29, 1.82) is 0 Å². The highest BCUT2D eigenvalue weighted by Crippen LogP contribution is 2.29. The predicted octanol–water partition coefficient (Wildman–Crippen LogP) is 2.33. The van der Waals surface area contributed by atoms with E-state index in [1.165, 1.54) is 6.92 Å². The minimum atomic E-state index is -4.40. The van der Waals surface area contributed by atoms with E-state index in [0.29, 0.717) is 0 Å². The normalized spacial score (nSPS) is 13.7. The van der Waals surface area contributed by atoms with E-state index in [4.69, 9.17) is 0 Å². The number of hydrogen-bond acceptors (Lipinski definition) is 2. The molecule has 0 saturated heterocycles. The fraction of sp³-hybridized carbons (Fsp3) is 0.300. The summed E-state index contributed by atoms with van der Waals surface area (Å²) in [7, 11) is 0. The number of alkyl halides is 3. The second kappa shape index (κ2) is 4.02. The number of carbonyl (C=O) groups excluding carboxylic acids is 1. The molecular weight excluding hydrogens is 209 g/mol. The van der Waals surface area contributed by atoms with Gasteiger partial charge in [0.15, 0.2) is 5.78 Å². The standard InChI is InChI=1S/C10H9F3O2/c1-6(14)9(15)7-2-4-8(5-3-7)10(11,12)13/h2-5,9,15H,1H3/t9-/m1/s1. The number of carbonyl (C=O) groups is 1. The third-order valence-corrected chi connectivity index (χ3v) is 1.94. The second-order valence-corrected chi connectivity index (χ2v) is 3.13. The summed E-state index contributed by atoms with van der Waals surface area (Å²) >= 11 is 0. The van der Waals surface area contributed by atoms with Crippen molar-refractivity contribution in [2.24, 2.45) is 0 Å². The van der Waals surface area contributed by atoms with Gasteiger partial charge in [0.05, 0.1) is 5.56 Å². The molecule has 0 heterocycles. The SMILES string of the molecule is CC(=O)[C@@H](O)c1ccc(C(F)(F)F)cc1. The fourth-order valence-electron chi connectivity index (χ4n) is 1.09. The molecule has 0 amide bonds. The molecule has 1 N–H and O–H groups in total. The monoisotopic (exact) mass is 218 g/mol. The molecule has 0 aliphatic carbocycles. The van der Waals surface area contributed by atoms with Crippen molar-refractivity contribution >= 4 is 5.78 Å². The smallest absolute Gasteiger partial charge is 0.381 e. The molecule has 0 aliphatic heterocycles. The van der Waals surface area contributed by atoms with Gasteiger partial charge in [-0.25, -0.2) is 0 Å². The minimum Gasteiger partial charge on any atom is -0.381 e. The first-order valence-electron chi connectivity index (χ1n) is 4.18. The van der Waals surface area contributed by atoms with Crippen LogP contribution < -0.4 is 0 Å². The van der Waals surface area contributed by atoms with E-state index in [9.17, 15) is 23.1 Å². The maximum Gasteiger partial charge on any atom is 0.416 e. The fourth-order valence-corrected chi connectivity index (χ4v) is 1.09. The van der Waals surface area contributed by atoms with Crippen LogP contribution in [-0.4, -0.2) is 10.9 Å². The third kappa shape index (κ3) is 2.79. The van der Waals surface area contributed by atoms with Crippen molar-refractivity contribution in [2.45, 2.75) is 19.2 Å². The van der Waals surface area contributed by atoms with Crippen LogP contribution in [0.1, 0.15) is 24.2 Å². The van der Waals surface area contributed by atoms with Crippen molar-refractivity contribution in [3.05, 3.63) is 35.4 Å². The molecule has 0 bridgehead atoms. The van der Waals surface area contributed by atoms with Crippen LogP contribution in [0, 0.1) is 0 Å². The summed E-state index contributed by atoms with van der Waals surface area (Å²) in [5.41, 5.74) is -0.641. The van der Waals surface area contributed by atoms with E-state index in [-0.39, 0.29) is 5.56 Å². The number of hydrogen-bond donors (Lipinski definition) is 1. The Balaban J connectivity index is 2.95. The molecule has 0 saturated carbocycles. The first-order valence-corrected chi connectivity index (χ1v) is 4.18. The number of Topliss-reactive ketones (excluding diaryl/α,β-unsaturated/α-hetero) is 1. The van der Waals surface area contributed by atoms with Gasteiger partial charge in [0.25, 0.3) is 0 Å². The molecule has 82 valence electrons. The van der Waals surface area contributed by atoms with Crippen LogP contribution in [0.25, 0.3) is 0 Å². The van der Waals surface area contributed by atoms with Gasteiger partial charge in [-0.3, -0.25) is 4.79 Å². The van der Waals surface area contributed by atoms with Crippen LogP contribution in [0.15, 0.2) is 24.3 Å². The highest BCUT2D eigenvalue weighted by atomic mass is 19.4. The topological polar surface area (TPSA) is 37.3 Å². The van der Waals surface area contributed by atoms with Crippen molar-refractivity contribution < 1.29 is 23.1 Å². The number of aliphatic hydroxyl groups excluding tert-OH is 1. The quantitative estimate of drug-likeness (QED) is 0.827. The molecule has 1 atom stereocenters. The summed E-state index contributed by atoms with van der Waals surface area (Å²) in [6.45, 7) is 1.17. The first kappa shape index (κ1) is 11.7. The van der Waals surface area contributed by atoms with Gasteiger partial charge in [0.1, 0.15) is 6.10 Å². The van der Waals surface area contributed by atoms with Gasteiger partial charge >= 0.3 is 6.18 Å². The van der Waals surface area contributed by atoms with E-state index >= 15 is 0 Å². The second-order valence-electron chi connectivity index (χ2n) is 3.13. The number of halogens is 3. The van der Waals surface area contributed by atoms with Crippen molar-refractivity contribution in [1.82, 2.24) is 0 Å². The average molecular weight is 218 g/mol. The van der Waals surface area contributed by atoms with Gasteiger partial charge in [0.2, 0.25) is 0 Å². The Morgan fingerprint density at radius 1 is 1.27 bits per heavy atom. The van der Waals surface area contributed by atoms with Gasteiger partial charge < -0.3 is 5.11 Å². The van der Waals surface area contributed by atoms with Gasteiger partial charge in [-0.1, -0.05) is 12.1 Å². The van der Waals surface area contributed by atoms with Crippen LogP contribution >= 0.6 is 0 Å². The van der Waals surface area contributed by atoms with E-state index in [1.54, 1.807) is 0 Å². The number of rotatable bonds is 2. The summed E-state index contributed by atoms with van der Waals surface area (Å²) in [6, 6.07) is 3.85. The molecule has 1 rings (SSSR count). The number of aliphatic hydroxyl groups is 1. The lowest BCUT2D eigenvalue weighted by molar-refractivity contribution is -0.137. The molecule has 2 nitrogen and oxygen atoms in total. The third-order valence-electron chi connectivity index (χ3n) is 1.94. The van der Waals surface area contributed by atoms with E-state index in [0.717, 1.165) is 24.3 Å². The Hall–Kier alpha value is -1.36. The zero-order chi connectivity index (χ0) is 11.6. The van der Waals surface area contributed by atoms with Crippen molar-refractivity contribution in [2.75, 3.05) is 0 Å². The molecule has 0 aliphatic rings. The van der Waals surface area contributed by atoms with Crippen molar-refractivity contribution in [3.63, 3.8) is 0 Å². The Labute approximate surface area is 84.3 Å². The van der Waals surface area contributed by atoms with E-state index in [1.807, 2.05) is 0 Å². The maximum absolute atomic E-state index is 12.1. The maximum atomic E-state index is 12.1. The molecule has 0 radical (unpaired) electrons. The highest BCUT2D eigenvalue weighted by molar-refractivity contribution is 5.81. The first-order chi connectivity index (χ1) is 6.82. The van der Waals surface area contributed by atoms with Gasteiger partial charge in [-0.05, 0) is 24.6 Å². The predicted molar refractivity (Wildman–Crippen MR) is 47.1 cm³/mol. The summed E-state index contributed by atoms with van der Waals surface area (Å²) in [4.78, 5) is 10.8. The van der Waals surface area contributed by atoms with Crippen LogP contribution in [0.3, 0.4) is 0 Å². The summed E-state index contributed by atoms with van der Waals surface area (Å²) < 4.78 is 36.4. The number of benzene rings is 1. The Bertz CT molecular complexity index is 354. The lowest BCUT2D eigenvalue weighted by atomic mass is 10.0. The van der Waals surface area contributed by atoms with E-state index < -0.39 is 23.6 Å². The molecule has 0 aromatic heterocycles. The van der Waals surface area contributed by atoms with Crippen LogP contribution in [0.2, 0.25) is 0 Å². The highest BCUT2D eigenvalue weighted by Gasteiger charge is 2.30. The molecule has 5 heteroatoms. The molecular formula is C10H9F3O2. The zero-order valence-corrected chi connectivity index (χ0v) is 7.88. The van der Waals surface area contributed by atoms with Crippen LogP contribution in [0.5, 0.6) is 0 Å². The zero-order valence-electron chi connectivity index (χ0n) is 7.88. The lowest BCUT2D eigenvalue weighted by Gasteiger charge is -2.09. The summed E-state index contributed by atoms with van der Waals surface area (Å²) in [5.74, 6) is -0.505. The molecule has 0 spiro atoms. The largest absolute Gasteiger partial charge is 0.416 e. The Kier molecular flexibility index (Phi) is 3.14. The van der Waals surface area contributed by atoms with Gasteiger partial charge in [0, 0.05) is 0 Å². The van der Waals surface area contributed by atoms with Crippen molar-refractivity contribution in [3.8, 4) is 0 Å². The molecule has 1 aromatic rings. The van der Waals surface area contributed by atoms with E-state index in [2.05, 4.69) is 0 Å². The Morgan fingerprint density at radius 2 is 1.73 bits per heavy atom. The van der Waals surface area contributed by atoms with Crippen LogP contribution in [0.4, 0.5) is 13.2 Å². The molecule has 0 fully saturated rings. The van der Waals surface area contributed by atoms with Crippen LogP contribution in [-0.2, 0) is 11.0 Å². The molecule has 1 aromatic carbocycles. The number of ketones is 1. The minimum absolute atomic E-state index is 0.163. The lowest BCUT2D eigenvalue weighted by Crippen LogP contribution is -2.09. The van der Waals surface area contributed by atoms with Gasteiger partial charge in [-0.2, -0.15) is 13.2 Å². The summed E-state index contributed by atoms with van der Waals surface area (Å²) in [5, 5.41) is 9.26. The summed E-state index contributed by atoms with van der Waals surface area (Å²) in [6.07, 6.45) is -5.76. The molecule has 15 heavy (non-hydrogen) atoms. The molecule has 0 unspecified atom stereocenters. The van der Waals surface area contributed by atoms with Gasteiger partial charge in [-0.15, -0.1) is 0 Å². The Morgan fingerprint density at radius 3 is 2.07 bits per heavy atom. The average Bonchev–Trinajstić information content (AvgIpc) is 2.15.